The Morgan fingerprint density at radius 3 is 2.57 bits per heavy atom. The Morgan fingerprint density at radius 2 is 2.43 bits per heavy atom. The zero-order valence-electron chi connectivity index (χ0n) is 4.11. The third-order valence-electron chi connectivity index (χ3n) is 0.414. The van der Waals surface area contributed by atoms with Crippen LogP contribution in [-0.2, 0) is 4.74 Å². The molecule has 0 fully saturated rings. The van der Waals surface area contributed by atoms with E-state index in [-0.39, 0.29) is 0 Å². The minimum atomic E-state index is 0.323. The maximum atomic E-state index is 5.26. The molecule has 0 spiro atoms. The van der Waals surface area contributed by atoms with Crippen LogP contribution >= 0.6 is 23.8 Å². The maximum Gasteiger partial charge on any atom is 0.174 e. The quantitative estimate of drug-likeness (QED) is 0.424. The predicted octanol–water partition coefficient (Wildman–Crippen LogP) is 1.59. The summed E-state index contributed by atoms with van der Waals surface area (Å²) in [7, 11) is 0. The molecule has 0 radical (unpaired) electrons. The van der Waals surface area contributed by atoms with Crippen LogP contribution in [0.15, 0.2) is 0 Å². The van der Waals surface area contributed by atoms with Crippen molar-refractivity contribution in [1.29, 1.82) is 0 Å². The van der Waals surface area contributed by atoms with Crippen molar-refractivity contribution in [3.8, 4) is 0 Å². The second-order valence-electron chi connectivity index (χ2n) is 0.939. The molecule has 0 aromatic carbocycles. The van der Waals surface area contributed by atoms with Gasteiger partial charge < -0.3 is 4.74 Å². The average molecular weight is 139 g/mol. The molecule has 0 saturated heterocycles. The first kappa shape index (κ1) is 7.18. The Morgan fingerprint density at radius 1 is 1.86 bits per heavy atom. The molecule has 0 heterocycles. The first-order valence-electron chi connectivity index (χ1n) is 2.02. The third-order valence-corrected chi connectivity index (χ3v) is 1.08. The molecule has 3 heteroatoms. The van der Waals surface area contributed by atoms with Gasteiger partial charge in [0.25, 0.3) is 0 Å². The summed E-state index contributed by atoms with van der Waals surface area (Å²) < 4.78 is 4.79. The summed E-state index contributed by atoms with van der Waals surface area (Å²) in [5, 5.41) is 0.476. The second-order valence-corrected chi connectivity index (χ2v) is 1.66. The van der Waals surface area contributed by atoms with Gasteiger partial charge in [0, 0.05) is 0 Å². The average Bonchev–Trinajstić information content (AvgIpc) is 1.68. The van der Waals surface area contributed by atoms with Gasteiger partial charge in [-0.25, -0.2) is 0 Å². The highest BCUT2D eigenvalue weighted by Crippen LogP contribution is 1.84. The van der Waals surface area contributed by atoms with E-state index in [1.54, 1.807) is 0 Å². The van der Waals surface area contributed by atoms with Crippen LogP contribution in [-0.4, -0.2) is 17.5 Å². The highest BCUT2D eigenvalue weighted by molar-refractivity contribution is 7.80. The van der Waals surface area contributed by atoms with E-state index in [1.807, 2.05) is 6.92 Å². The molecule has 0 aliphatic heterocycles. The Balaban J connectivity index is 3.00. The lowest BCUT2D eigenvalue weighted by atomic mass is 10.8. The van der Waals surface area contributed by atoms with Crippen LogP contribution in [0.4, 0.5) is 0 Å². The summed E-state index contributed by atoms with van der Waals surface area (Å²) in [6.45, 7) is 2.49. The molecule has 0 amide bonds. The molecular weight excluding hydrogens is 132 g/mol. The number of rotatable bonds is 2. The summed E-state index contributed by atoms with van der Waals surface area (Å²) in [5.74, 6) is 0.323. The Bertz CT molecular complexity index is 64.7. The molecule has 0 N–H and O–H groups in total. The zero-order valence-corrected chi connectivity index (χ0v) is 5.68. The van der Waals surface area contributed by atoms with Crippen molar-refractivity contribution in [2.75, 3.05) is 12.5 Å². The first-order chi connectivity index (χ1) is 3.31. The van der Waals surface area contributed by atoms with Crippen LogP contribution in [0.2, 0.25) is 0 Å². The molecular formula is C4H7ClOS. The smallest absolute Gasteiger partial charge is 0.174 e. The summed E-state index contributed by atoms with van der Waals surface area (Å²) in [6, 6.07) is 0. The van der Waals surface area contributed by atoms with E-state index >= 15 is 0 Å². The fourth-order valence-corrected chi connectivity index (χ4v) is 0.395. The standard InChI is InChI=1S/C4H7ClOS/c1-2-6-4(7)3-5/h2-3H2,1H3. The summed E-state index contributed by atoms with van der Waals surface area (Å²) >= 11 is 9.86. The highest BCUT2D eigenvalue weighted by atomic mass is 35.5. The third kappa shape index (κ3) is 4.02. The molecule has 42 valence electrons. The predicted molar refractivity (Wildman–Crippen MR) is 34.9 cm³/mol. The van der Waals surface area contributed by atoms with Gasteiger partial charge in [0.05, 0.1) is 12.5 Å². The van der Waals surface area contributed by atoms with Crippen molar-refractivity contribution in [3.05, 3.63) is 0 Å². The van der Waals surface area contributed by atoms with Gasteiger partial charge in [0.1, 0.15) is 0 Å². The second kappa shape index (κ2) is 4.34. The van der Waals surface area contributed by atoms with Crippen LogP contribution in [0.3, 0.4) is 0 Å². The van der Waals surface area contributed by atoms with Crippen LogP contribution < -0.4 is 0 Å². The topological polar surface area (TPSA) is 9.23 Å². The van der Waals surface area contributed by atoms with Gasteiger partial charge in [-0.1, -0.05) is 0 Å². The van der Waals surface area contributed by atoms with E-state index in [0.29, 0.717) is 17.5 Å². The molecule has 0 rings (SSSR count). The molecule has 0 aliphatic rings. The minimum Gasteiger partial charge on any atom is -0.486 e. The van der Waals surface area contributed by atoms with Gasteiger partial charge >= 0.3 is 0 Å². The van der Waals surface area contributed by atoms with Crippen molar-refractivity contribution in [2.45, 2.75) is 6.92 Å². The molecule has 0 unspecified atom stereocenters. The largest absolute Gasteiger partial charge is 0.486 e. The highest BCUT2D eigenvalue weighted by Gasteiger charge is 1.87. The molecule has 0 aliphatic carbocycles. The van der Waals surface area contributed by atoms with Crippen LogP contribution in [0, 0.1) is 0 Å². The van der Waals surface area contributed by atoms with Crippen molar-refractivity contribution >= 4 is 28.9 Å². The van der Waals surface area contributed by atoms with Crippen molar-refractivity contribution in [3.63, 3.8) is 0 Å². The van der Waals surface area contributed by atoms with Gasteiger partial charge in [0.15, 0.2) is 5.05 Å². The number of hydrogen-bond acceptors (Lipinski definition) is 2. The minimum absolute atomic E-state index is 0.323. The van der Waals surface area contributed by atoms with Gasteiger partial charge in [-0.15, -0.1) is 11.6 Å². The SMILES string of the molecule is CCOC(=S)CCl. The molecule has 1 nitrogen and oxygen atoms in total. The molecule has 0 saturated carbocycles. The van der Waals surface area contributed by atoms with Crippen molar-refractivity contribution in [2.24, 2.45) is 0 Å². The molecule has 0 bridgehead atoms. The van der Waals surface area contributed by atoms with Gasteiger partial charge in [0.2, 0.25) is 0 Å². The molecule has 7 heavy (non-hydrogen) atoms. The Labute approximate surface area is 53.6 Å². The van der Waals surface area contributed by atoms with Crippen molar-refractivity contribution < 1.29 is 4.74 Å². The van der Waals surface area contributed by atoms with Crippen LogP contribution in [0.5, 0.6) is 0 Å². The van der Waals surface area contributed by atoms with E-state index in [9.17, 15) is 0 Å². The van der Waals surface area contributed by atoms with Crippen molar-refractivity contribution in [1.82, 2.24) is 0 Å². The van der Waals surface area contributed by atoms with E-state index < -0.39 is 0 Å². The van der Waals surface area contributed by atoms with E-state index in [0.717, 1.165) is 0 Å². The fraction of sp³-hybridized carbons (Fsp3) is 0.750. The number of ether oxygens (including phenoxy) is 1. The number of hydrogen-bond donors (Lipinski definition) is 0. The van der Waals surface area contributed by atoms with Gasteiger partial charge in [-0.05, 0) is 19.1 Å². The van der Waals surface area contributed by atoms with E-state index in [1.165, 1.54) is 0 Å². The van der Waals surface area contributed by atoms with Gasteiger partial charge in [-0.3, -0.25) is 0 Å². The molecule has 0 aromatic rings. The van der Waals surface area contributed by atoms with E-state index in [2.05, 4.69) is 12.2 Å². The molecule has 0 atom stereocenters. The van der Waals surface area contributed by atoms with E-state index in [4.69, 9.17) is 16.3 Å². The molecule has 0 aromatic heterocycles. The number of alkyl halides is 1. The number of thiocarbonyl (C=S) groups is 1. The lowest BCUT2D eigenvalue weighted by Crippen LogP contribution is -2.00. The first-order valence-corrected chi connectivity index (χ1v) is 2.97. The van der Waals surface area contributed by atoms with Crippen LogP contribution in [0.25, 0.3) is 0 Å². The monoisotopic (exact) mass is 138 g/mol. The normalized spacial score (nSPS) is 8.29. The lowest BCUT2D eigenvalue weighted by Gasteiger charge is -1.96. The lowest BCUT2D eigenvalue weighted by molar-refractivity contribution is 0.334. The van der Waals surface area contributed by atoms with Gasteiger partial charge in [-0.2, -0.15) is 0 Å². The van der Waals surface area contributed by atoms with Crippen LogP contribution in [0.1, 0.15) is 6.92 Å². The number of halogens is 1. The Hall–Kier alpha value is 0.180. The Kier molecular flexibility index (Phi) is 4.45. The fourth-order valence-electron chi connectivity index (χ4n) is 0.200. The summed E-state index contributed by atoms with van der Waals surface area (Å²) in [5.41, 5.74) is 0. The summed E-state index contributed by atoms with van der Waals surface area (Å²) in [4.78, 5) is 0. The zero-order chi connectivity index (χ0) is 5.70. The maximum absolute atomic E-state index is 5.26. The summed E-state index contributed by atoms with van der Waals surface area (Å²) in [6.07, 6.45) is 0.